The number of carbonyl (C=O) groups is 1. The maximum absolute atomic E-state index is 12.0. The van der Waals surface area contributed by atoms with Crippen molar-refractivity contribution in [2.24, 2.45) is 0 Å². The van der Waals surface area contributed by atoms with E-state index in [1.807, 2.05) is 6.07 Å². The highest BCUT2D eigenvalue weighted by Crippen LogP contribution is 2.25. The molecule has 0 radical (unpaired) electrons. The molecule has 136 valence electrons. The van der Waals surface area contributed by atoms with Crippen LogP contribution in [0.4, 0.5) is 0 Å². The van der Waals surface area contributed by atoms with Crippen molar-refractivity contribution >= 4 is 18.2 Å². The molecule has 2 fully saturated rings. The van der Waals surface area contributed by atoms with Crippen LogP contribution in [0.2, 0.25) is 0 Å². The highest BCUT2D eigenvalue weighted by Gasteiger charge is 2.29. The average Bonchev–Trinajstić information content (AvgIpc) is 2.94. The maximum Gasteiger partial charge on any atom is 0.157 e. The maximum atomic E-state index is 12.0. The fraction of sp³-hybridized carbons (Fsp3) is 0.765. The summed E-state index contributed by atoms with van der Waals surface area (Å²) in [6, 6.07) is 1.87. The second-order valence-corrected chi connectivity index (χ2v) is 7.11. The van der Waals surface area contributed by atoms with E-state index in [9.17, 15) is 4.79 Å². The number of nitrogens with zero attached hydrogens (tertiary/aromatic N) is 1. The topological polar surface area (TPSA) is 73.6 Å². The van der Waals surface area contributed by atoms with Crippen LogP contribution >= 0.6 is 12.4 Å². The van der Waals surface area contributed by atoms with Gasteiger partial charge in [0.1, 0.15) is 5.76 Å². The van der Waals surface area contributed by atoms with Gasteiger partial charge >= 0.3 is 0 Å². The number of ether oxygens (including phenoxy) is 2. The van der Waals surface area contributed by atoms with Crippen molar-refractivity contribution in [3.8, 4) is 0 Å². The molecule has 2 aliphatic rings. The van der Waals surface area contributed by atoms with Gasteiger partial charge in [0.25, 0.3) is 0 Å². The molecule has 3 heterocycles. The van der Waals surface area contributed by atoms with Crippen LogP contribution in [0.5, 0.6) is 0 Å². The van der Waals surface area contributed by atoms with E-state index in [0.717, 1.165) is 44.5 Å². The lowest BCUT2D eigenvalue weighted by Crippen LogP contribution is -2.49. The van der Waals surface area contributed by atoms with Crippen LogP contribution in [-0.4, -0.2) is 43.0 Å². The molecule has 24 heavy (non-hydrogen) atoms. The zero-order chi connectivity index (χ0) is 16.3. The molecule has 0 saturated carbocycles. The summed E-state index contributed by atoms with van der Waals surface area (Å²) in [5.74, 6) is 0.796. The number of halogens is 1. The molecule has 2 atom stereocenters. The first-order chi connectivity index (χ1) is 11.0. The van der Waals surface area contributed by atoms with Crippen molar-refractivity contribution in [1.29, 1.82) is 0 Å². The van der Waals surface area contributed by atoms with Gasteiger partial charge in [-0.05, 0) is 32.2 Å². The Morgan fingerprint density at radius 2 is 2.21 bits per heavy atom. The summed E-state index contributed by atoms with van der Waals surface area (Å²) >= 11 is 0. The molecule has 0 aromatic carbocycles. The third kappa shape index (κ3) is 4.79. The third-order valence-corrected chi connectivity index (χ3v) is 4.58. The molecule has 0 amide bonds. The Labute approximate surface area is 149 Å². The molecular formula is C17H27ClN2O4. The van der Waals surface area contributed by atoms with Gasteiger partial charge < -0.3 is 19.3 Å². The minimum absolute atomic E-state index is 0. The second kappa shape index (κ2) is 8.43. The highest BCUT2D eigenvalue weighted by molar-refractivity contribution is 5.86. The van der Waals surface area contributed by atoms with Crippen LogP contribution in [-0.2, 0) is 26.1 Å². The molecule has 0 bridgehead atoms. The van der Waals surface area contributed by atoms with Crippen molar-refractivity contribution in [3.05, 3.63) is 17.5 Å². The van der Waals surface area contributed by atoms with Crippen molar-refractivity contribution in [2.75, 3.05) is 19.8 Å². The van der Waals surface area contributed by atoms with Gasteiger partial charge in [-0.3, -0.25) is 4.79 Å². The first-order valence-electron chi connectivity index (χ1n) is 8.50. The largest absolute Gasteiger partial charge is 0.361 e. The van der Waals surface area contributed by atoms with Gasteiger partial charge in [0, 0.05) is 18.1 Å². The van der Waals surface area contributed by atoms with Gasteiger partial charge in [0.05, 0.1) is 24.8 Å². The summed E-state index contributed by atoms with van der Waals surface area (Å²) in [4.78, 5) is 12.0. The lowest BCUT2D eigenvalue weighted by atomic mass is 9.90. The van der Waals surface area contributed by atoms with E-state index in [-0.39, 0.29) is 35.9 Å². The Bertz CT molecular complexity index is 536. The summed E-state index contributed by atoms with van der Waals surface area (Å²) < 4.78 is 16.8. The van der Waals surface area contributed by atoms with E-state index in [1.165, 1.54) is 0 Å². The van der Waals surface area contributed by atoms with E-state index in [4.69, 9.17) is 14.0 Å². The second-order valence-electron chi connectivity index (χ2n) is 7.11. The van der Waals surface area contributed by atoms with E-state index >= 15 is 0 Å². The quantitative estimate of drug-likeness (QED) is 0.806. The lowest BCUT2D eigenvalue weighted by Gasteiger charge is -2.28. The smallest absolute Gasteiger partial charge is 0.157 e. The standard InChI is InChI=1S/C17H26N2O4.ClH/c1-17(2,11-22-16-5-3-4-8-21-16)15-10-12(23-19-15)9-14(20)13-6-7-18-13;/h10,13,16,18H,3-9,11H2,1-2H3;1H/t13-,16?;/m0./s1. The van der Waals surface area contributed by atoms with E-state index < -0.39 is 0 Å². The number of ketones is 1. The number of hydrogen-bond donors (Lipinski definition) is 1. The molecule has 1 N–H and O–H groups in total. The molecule has 1 aromatic heterocycles. The van der Waals surface area contributed by atoms with Crippen LogP contribution in [0.3, 0.4) is 0 Å². The molecule has 3 rings (SSSR count). The van der Waals surface area contributed by atoms with Gasteiger partial charge in [-0.1, -0.05) is 19.0 Å². The van der Waals surface area contributed by atoms with Crippen LogP contribution in [0.15, 0.2) is 10.6 Å². The fourth-order valence-electron chi connectivity index (χ4n) is 2.79. The first kappa shape index (κ1) is 19.4. The van der Waals surface area contributed by atoms with Crippen LogP contribution in [0.25, 0.3) is 0 Å². The van der Waals surface area contributed by atoms with Crippen LogP contribution in [0.1, 0.15) is 51.0 Å². The van der Waals surface area contributed by atoms with E-state index in [1.54, 1.807) is 0 Å². The first-order valence-corrected chi connectivity index (χ1v) is 8.50. The summed E-state index contributed by atoms with van der Waals surface area (Å²) in [5.41, 5.74) is 0.540. The number of aromatic nitrogens is 1. The lowest BCUT2D eigenvalue weighted by molar-refractivity contribution is -0.170. The summed E-state index contributed by atoms with van der Waals surface area (Å²) in [6.45, 7) is 6.34. The molecule has 6 nitrogen and oxygen atoms in total. The highest BCUT2D eigenvalue weighted by atomic mass is 35.5. The fourth-order valence-corrected chi connectivity index (χ4v) is 2.79. The molecule has 0 aliphatic carbocycles. The number of Topliss-reactive ketones (excluding diaryl/α,β-unsaturated/α-hetero) is 1. The number of carbonyl (C=O) groups excluding carboxylic acids is 1. The minimum atomic E-state index is -0.277. The van der Waals surface area contributed by atoms with E-state index in [0.29, 0.717) is 18.8 Å². The normalized spacial score (nSPS) is 24.1. The predicted octanol–water partition coefficient (Wildman–Crippen LogP) is 2.39. The molecular weight excluding hydrogens is 332 g/mol. The van der Waals surface area contributed by atoms with Gasteiger partial charge in [-0.25, -0.2) is 0 Å². The Balaban J connectivity index is 0.00000208. The number of nitrogens with one attached hydrogen (secondary N) is 1. The Morgan fingerprint density at radius 1 is 1.42 bits per heavy atom. The minimum Gasteiger partial charge on any atom is -0.361 e. The SMILES string of the molecule is CC(C)(COC1CCCCO1)c1cc(CC(=O)[C@@H]2CCN2)on1.Cl. The molecule has 0 spiro atoms. The van der Waals surface area contributed by atoms with Gasteiger partial charge in [-0.15, -0.1) is 12.4 Å². The molecule has 2 aliphatic heterocycles. The van der Waals surface area contributed by atoms with Crippen molar-refractivity contribution < 1.29 is 18.8 Å². The molecule has 7 heteroatoms. The van der Waals surface area contributed by atoms with Crippen molar-refractivity contribution in [1.82, 2.24) is 10.5 Å². The molecule has 2 saturated heterocycles. The van der Waals surface area contributed by atoms with Crippen LogP contribution < -0.4 is 5.32 Å². The van der Waals surface area contributed by atoms with Gasteiger partial charge in [0.2, 0.25) is 0 Å². The Kier molecular flexibility index (Phi) is 6.80. The molecule has 1 aromatic rings. The monoisotopic (exact) mass is 358 g/mol. The number of hydrogen-bond acceptors (Lipinski definition) is 6. The zero-order valence-electron chi connectivity index (χ0n) is 14.4. The Morgan fingerprint density at radius 3 is 2.83 bits per heavy atom. The Hall–Kier alpha value is -0.950. The number of rotatable bonds is 7. The summed E-state index contributed by atoms with van der Waals surface area (Å²) in [6.07, 6.45) is 4.31. The van der Waals surface area contributed by atoms with Crippen molar-refractivity contribution in [2.45, 2.75) is 63.7 Å². The van der Waals surface area contributed by atoms with E-state index in [2.05, 4.69) is 24.3 Å². The molecule has 1 unspecified atom stereocenters. The summed E-state index contributed by atoms with van der Waals surface area (Å²) in [5, 5.41) is 7.25. The van der Waals surface area contributed by atoms with Crippen molar-refractivity contribution in [3.63, 3.8) is 0 Å². The average molecular weight is 359 g/mol. The predicted molar refractivity (Wildman–Crippen MR) is 91.4 cm³/mol. The van der Waals surface area contributed by atoms with Gasteiger partial charge in [-0.2, -0.15) is 0 Å². The zero-order valence-corrected chi connectivity index (χ0v) is 15.2. The summed E-state index contributed by atoms with van der Waals surface area (Å²) in [7, 11) is 0. The third-order valence-electron chi connectivity index (χ3n) is 4.58. The van der Waals surface area contributed by atoms with Gasteiger partial charge in [0.15, 0.2) is 12.1 Å². The van der Waals surface area contributed by atoms with Crippen LogP contribution in [0, 0.1) is 0 Å².